The summed E-state index contributed by atoms with van der Waals surface area (Å²) in [5, 5.41) is 8.96. The van der Waals surface area contributed by atoms with Gasteiger partial charge in [-0.05, 0) is 25.5 Å². The van der Waals surface area contributed by atoms with E-state index in [1.807, 2.05) is 0 Å². The molecule has 0 saturated carbocycles. The molecule has 112 valence electrons. The van der Waals surface area contributed by atoms with Gasteiger partial charge in [-0.3, -0.25) is 9.59 Å². The SMILES string of the molecule is Cc1nc(C(=O)N2CCCN(C)C(=O)C2)ccc1C(=O)O. The molecule has 0 radical (unpaired) electrons. The highest BCUT2D eigenvalue weighted by Crippen LogP contribution is 2.11. The monoisotopic (exact) mass is 291 g/mol. The van der Waals surface area contributed by atoms with Crippen LogP contribution in [-0.2, 0) is 4.79 Å². The van der Waals surface area contributed by atoms with Crippen molar-refractivity contribution < 1.29 is 19.5 Å². The third kappa shape index (κ3) is 3.18. The molecule has 0 spiro atoms. The van der Waals surface area contributed by atoms with E-state index in [1.165, 1.54) is 17.0 Å². The summed E-state index contributed by atoms with van der Waals surface area (Å²) >= 11 is 0. The standard InChI is InChI=1S/C14H17N3O4/c1-9-10(14(20)21)4-5-11(15-9)13(19)17-7-3-6-16(2)12(18)8-17/h4-5H,3,6-8H2,1-2H3,(H,20,21). The molecule has 0 atom stereocenters. The average molecular weight is 291 g/mol. The number of carboxylic acid groups (broad SMARTS) is 1. The highest BCUT2D eigenvalue weighted by Gasteiger charge is 2.25. The van der Waals surface area contributed by atoms with Crippen LogP contribution in [0.2, 0.25) is 0 Å². The van der Waals surface area contributed by atoms with E-state index in [-0.39, 0.29) is 35.3 Å². The third-order valence-corrected chi connectivity index (χ3v) is 3.50. The predicted octanol–water partition coefficient (Wildman–Crippen LogP) is 0.393. The smallest absolute Gasteiger partial charge is 0.337 e. The van der Waals surface area contributed by atoms with Gasteiger partial charge in [0.15, 0.2) is 0 Å². The van der Waals surface area contributed by atoms with Crippen LogP contribution in [0.4, 0.5) is 0 Å². The van der Waals surface area contributed by atoms with Gasteiger partial charge in [0.05, 0.1) is 11.3 Å². The minimum absolute atomic E-state index is 0.0245. The number of likely N-dealkylation sites (N-methyl/N-ethyl adjacent to an activating group) is 1. The molecular formula is C14H17N3O4. The number of hydrogen-bond acceptors (Lipinski definition) is 4. The van der Waals surface area contributed by atoms with E-state index in [0.29, 0.717) is 19.5 Å². The molecule has 7 nitrogen and oxygen atoms in total. The summed E-state index contributed by atoms with van der Waals surface area (Å²) in [5.41, 5.74) is 0.514. The molecule has 1 aliphatic heterocycles. The number of rotatable bonds is 2. The number of pyridine rings is 1. The predicted molar refractivity (Wildman–Crippen MR) is 74.1 cm³/mol. The summed E-state index contributed by atoms with van der Waals surface area (Å²) < 4.78 is 0. The molecule has 21 heavy (non-hydrogen) atoms. The van der Waals surface area contributed by atoms with Crippen molar-refractivity contribution in [3.8, 4) is 0 Å². The Labute approximate surface area is 122 Å². The van der Waals surface area contributed by atoms with Gasteiger partial charge in [-0.25, -0.2) is 9.78 Å². The first-order valence-corrected chi connectivity index (χ1v) is 6.64. The van der Waals surface area contributed by atoms with E-state index in [1.54, 1.807) is 18.9 Å². The molecule has 1 aromatic rings. The Morgan fingerprint density at radius 3 is 2.62 bits per heavy atom. The summed E-state index contributed by atoms with van der Waals surface area (Å²) in [6.07, 6.45) is 0.709. The maximum atomic E-state index is 12.4. The van der Waals surface area contributed by atoms with Crippen LogP contribution in [0.3, 0.4) is 0 Å². The minimum Gasteiger partial charge on any atom is -0.478 e. The Bertz CT molecular complexity index is 600. The van der Waals surface area contributed by atoms with Crippen molar-refractivity contribution in [2.45, 2.75) is 13.3 Å². The summed E-state index contributed by atoms with van der Waals surface area (Å²) in [6.45, 7) is 2.67. The number of nitrogens with zero attached hydrogens (tertiary/aromatic N) is 3. The molecule has 0 bridgehead atoms. The Kier molecular flexibility index (Phi) is 4.21. The van der Waals surface area contributed by atoms with Crippen LogP contribution in [-0.4, -0.2) is 64.4 Å². The zero-order valence-corrected chi connectivity index (χ0v) is 12.0. The van der Waals surface area contributed by atoms with E-state index in [4.69, 9.17) is 5.11 Å². The molecule has 1 fully saturated rings. The lowest BCUT2D eigenvalue weighted by Gasteiger charge is -2.19. The van der Waals surface area contributed by atoms with Gasteiger partial charge in [0.25, 0.3) is 5.91 Å². The van der Waals surface area contributed by atoms with Crippen molar-refractivity contribution in [1.29, 1.82) is 0 Å². The van der Waals surface area contributed by atoms with E-state index >= 15 is 0 Å². The highest BCUT2D eigenvalue weighted by atomic mass is 16.4. The average Bonchev–Trinajstić information content (AvgIpc) is 2.60. The molecule has 2 rings (SSSR count). The van der Waals surface area contributed by atoms with Crippen molar-refractivity contribution in [3.63, 3.8) is 0 Å². The molecule has 1 aromatic heterocycles. The second-order valence-electron chi connectivity index (χ2n) is 5.03. The molecular weight excluding hydrogens is 274 g/mol. The summed E-state index contributed by atoms with van der Waals surface area (Å²) in [5.74, 6) is -1.54. The van der Waals surface area contributed by atoms with Crippen molar-refractivity contribution in [1.82, 2.24) is 14.8 Å². The summed E-state index contributed by atoms with van der Waals surface area (Å²) in [6, 6.07) is 2.75. The number of aryl methyl sites for hydroxylation is 1. The van der Waals surface area contributed by atoms with E-state index in [2.05, 4.69) is 4.98 Å². The van der Waals surface area contributed by atoms with Crippen LogP contribution in [0, 0.1) is 6.92 Å². The van der Waals surface area contributed by atoms with Crippen molar-refractivity contribution in [2.75, 3.05) is 26.7 Å². The van der Waals surface area contributed by atoms with Crippen LogP contribution in [0.5, 0.6) is 0 Å². The number of aromatic nitrogens is 1. The molecule has 0 unspecified atom stereocenters. The molecule has 1 N–H and O–H groups in total. The fraction of sp³-hybridized carbons (Fsp3) is 0.429. The Morgan fingerprint density at radius 2 is 2.00 bits per heavy atom. The van der Waals surface area contributed by atoms with Crippen molar-refractivity contribution >= 4 is 17.8 Å². The Balaban J connectivity index is 2.21. The normalized spacial score (nSPS) is 15.8. The second-order valence-corrected chi connectivity index (χ2v) is 5.03. The first kappa shape index (κ1) is 15.0. The van der Waals surface area contributed by atoms with Gasteiger partial charge in [0.1, 0.15) is 12.2 Å². The zero-order chi connectivity index (χ0) is 15.6. The molecule has 2 amide bonds. The van der Waals surface area contributed by atoms with E-state index in [9.17, 15) is 14.4 Å². The first-order chi connectivity index (χ1) is 9.90. The number of carbonyl (C=O) groups is 3. The van der Waals surface area contributed by atoms with Crippen LogP contribution >= 0.6 is 0 Å². The number of hydrogen-bond donors (Lipinski definition) is 1. The number of aromatic carboxylic acids is 1. The van der Waals surface area contributed by atoms with Gasteiger partial charge in [-0.1, -0.05) is 0 Å². The topological polar surface area (TPSA) is 90.8 Å². The van der Waals surface area contributed by atoms with Crippen molar-refractivity contribution in [2.24, 2.45) is 0 Å². The van der Waals surface area contributed by atoms with Crippen LogP contribution < -0.4 is 0 Å². The largest absolute Gasteiger partial charge is 0.478 e. The van der Waals surface area contributed by atoms with E-state index in [0.717, 1.165) is 0 Å². The number of carbonyl (C=O) groups excluding carboxylic acids is 2. The molecule has 2 heterocycles. The summed E-state index contributed by atoms with van der Waals surface area (Å²) in [4.78, 5) is 42.2. The Morgan fingerprint density at radius 1 is 1.29 bits per heavy atom. The lowest BCUT2D eigenvalue weighted by Crippen LogP contribution is -2.38. The van der Waals surface area contributed by atoms with Gasteiger partial charge in [-0.15, -0.1) is 0 Å². The minimum atomic E-state index is -1.08. The maximum Gasteiger partial charge on any atom is 0.337 e. The van der Waals surface area contributed by atoms with Gasteiger partial charge >= 0.3 is 5.97 Å². The fourth-order valence-corrected chi connectivity index (χ4v) is 2.23. The van der Waals surface area contributed by atoms with Crippen molar-refractivity contribution in [3.05, 3.63) is 29.1 Å². The zero-order valence-electron chi connectivity index (χ0n) is 12.0. The molecule has 0 aromatic carbocycles. The van der Waals surface area contributed by atoms with Gasteiger partial charge in [0.2, 0.25) is 5.91 Å². The molecule has 7 heteroatoms. The highest BCUT2D eigenvalue weighted by molar-refractivity contribution is 5.96. The summed E-state index contributed by atoms with van der Waals surface area (Å²) in [7, 11) is 1.71. The van der Waals surface area contributed by atoms with Crippen LogP contribution in [0.1, 0.15) is 33.0 Å². The molecule has 0 aliphatic carbocycles. The number of amides is 2. The van der Waals surface area contributed by atoms with Crippen LogP contribution in [0.25, 0.3) is 0 Å². The first-order valence-electron chi connectivity index (χ1n) is 6.64. The second kappa shape index (κ2) is 5.90. The number of carboxylic acids is 1. The lowest BCUT2D eigenvalue weighted by molar-refractivity contribution is -0.129. The van der Waals surface area contributed by atoms with Gasteiger partial charge < -0.3 is 14.9 Å². The lowest BCUT2D eigenvalue weighted by atomic mass is 10.2. The van der Waals surface area contributed by atoms with Gasteiger partial charge in [0, 0.05) is 20.1 Å². The Hall–Kier alpha value is -2.44. The third-order valence-electron chi connectivity index (χ3n) is 3.50. The maximum absolute atomic E-state index is 12.4. The quantitative estimate of drug-likeness (QED) is 0.851. The van der Waals surface area contributed by atoms with E-state index < -0.39 is 5.97 Å². The molecule has 1 aliphatic rings. The van der Waals surface area contributed by atoms with Gasteiger partial charge in [-0.2, -0.15) is 0 Å². The van der Waals surface area contributed by atoms with Crippen LogP contribution in [0.15, 0.2) is 12.1 Å². The fourth-order valence-electron chi connectivity index (χ4n) is 2.23. The molecule has 1 saturated heterocycles.